The van der Waals surface area contributed by atoms with Crippen LogP contribution in [0, 0.1) is 0 Å². The molecule has 0 aliphatic heterocycles. The first-order chi connectivity index (χ1) is 8.13. The third-order valence-electron chi connectivity index (χ3n) is 2.85. The summed E-state index contributed by atoms with van der Waals surface area (Å²) in [4.78, 5) is 0. The van der Waals surface area contributed by atoms with Gasteiger partial charge >= 0.3 is 0 Å². The lowest BCUT2D eigenvalue weighted by Gasteiger charge is -2.14. The Labute approximate surface area is 116 Å². The van der Waals surface area contributed by atoms with Crippen molar-refractivity contribution in [2.75, 3.05) is 5.75 Å². The largest absolute Gasteiger partial charge is 0.341 e. The third kappa shape index (κ3) is 2.71. The second-order valence-corrected chi connectivity index (χ2v) is 6.63. The maximum Gasteiger partial charge on any atom is 0.0485 e. The fourth-order valence-electron chi connectivity index (χ4n) is 2.19. The zero-order valence-electron chi connectivity index (χ0n) is 10.5. The average Bonchev–Trinajstić information content (AvgIpc) is 2.63. The summed E-state index contributed by atoms with van der Waals surface area (Å²) in [6.45, 7) is 6.72. The van der Waals surface area contributed by atoms with Crippen LogP contribution in [0.25, 0.3) is 10.9 Å². The summed E-state index contributed by atoms with van der Waals surface area (Å²) in [6, 6.07) is 9.37. The quantitative estimate of drug-likeness (QED) is 0.747. The SMILES string of the molecule is CCSCc1cc2cc(Br)ccc2n1C(C)C. The molecule has 17 heavy (non-hydrogen) atoms. The van der Waals surface area contributed by atoms with Gasteiger partial charge in [0.1, 0.15) is 0 Å². The molecule has 0 unspecified atom stereocenters. The number of hydrogen-bond acceptors (Lipinski definition) is 1. The molecule has 2 rings (SSSR count). The molecule has 1 aromatic carbocycles. The van der Waals surface area contributed by atoms with Gasteiger partial charge in [0.05, 0.1) is 0 Å². The molecule has 0 saturated carbocycles. The van der Waals surface area contributed by atoms with Crippen molar-refractivity contribution >= 4 is 38.6 Å². The van der Waals surface area contributed by atoms with Gasteiger partial charge in [0.2, 0.25) is 0 Å². The van der Waals surface area contributed by atoms with Crippen LogP contribution in [-0.2, 0) is 5.75 Å². The Morgan fingerprint density at radius 2 is 2.06 bits per heavy atom. The molecule has 0 N–H and O–H groups in total. The highest BCUT2D eigenvalue weighted by Crippen LogP contribution is 2.28. The Bertz CT molecular complexity index is 516. The number of aromatic nitrogens is 1. The van der Waals surface area contributed by atoms with E-state index in [0.717, 1.165) is 10.2 Å². The van der Waals surface area contributed by atoms with Crippen LogP contribution in [0.2, 0.25) is 0 Å². The molecular formula is C14H18BrNS. The predicted molar refractivity (Wildman–Crippen MR) is 81.9 cm³/mol. The van der Waals surface area contributed by atoms with Crippen LogP contribution in [0.3, 0.4) is 0 Å². The lowest BCUT2D eigenvalue weighted by molar-refractivity contribution is 0.606. The van der Waals surface area contributed by atoms with Crippen LogP contribution in [0.15, 0.2) is 28.7 Å². The van der Waals surface area contributed by atoms with Gasteiger partial charge in [-0.05, 0) is 43.9 Å². The summed E-state index contributed by atoms with van der Waals surface area (Å²) in [5.74, 6) is 2.27. The van der Waals surface area contributed by atoms with Gasteiger partial charge < -0.3 is 4.57 Å². The van der Waals surface area contributed by atoms with E-state index in [1.54, 1.807) is 0 Å². The van der Waals surface area contributed by atoms with Crippen LogP contribution in [0.4, 0.5) is 0 Å². The molecule has 1 nitrogen and oxygen atoms in total. The second kappa shape index (κ2) is 5.49. The van der Waals surface area contributed by atoms with Gasteiger partial charge in [0, 0.05) is 32.9 Å². The molecule has 1 heterocycles. The Morgan fingerprint density at radius 1 is 1.29 bits per heavy atom. The Balaban J connectivity index is 2.53. The zero-order chi connectivity index (χ0) is 12.4. The Morgan fingerprint density at radius 3 is 2.71 bits per heavy atom. The lowest BCUT2D eigenvalue weighted by Crippen LogP contribution is -2.04. The topological polar surface area (TPSA) is 4.93 Å². The first-order valence-corrected chi connectivity index (χ1v) is 7.95. The fraction of sp³-hybridized carbons (Fsp3) is 0.429. The minimum atomic E-state index is 0.515. The molecule has 1 aromatic heterocycles. The molecule has 0 atom stereocenters. The summed E-state index contributed by atoms with van der Waals surface area (Å²) < 4.78 is 3.60. The molecule has 0 spiro atoms. The van der Waals surface area contributed by atoms with Gasteiger partial charge in [0.25, 0.3) is 0 Å². The van der Waals surface area contributed by atoms with Gasteiger partial charge in [-0.3, -0.25) is 0 Å². The highest BCUT2D eigenvalue weighted by molar-refractivity contribution is 9.10. The molecule has 0 aliphatic carbocycles. The summed E-state index contributed by atoms with van der Waals surface area (Å²) in [5, 5.41) is 1.33. The van der Waals surface area contributed by atoms with Gasteiger partial charge in [-0.1, -0.05) is 22.9 Å². The van der Waals surface area contributed by atoms with Crippen molar-refractivity contribution < 1.29 is 0 Å². The molecule has 0 aliphatic rings. The summed E-state index contributed by atoms with van der Waals surface area (Å²) in [6.07, 6.45) is 0. The fourth-order valence-corrected chi connectivity index (χ4v) is 3.21. The van der Waals surface area contributed by atoms with Crippen molar-refractivity contribution in [2.24, 2.45) is 0 Å². The highest BCUT2D eigenvalue weighted by Gasteiger charge is 2.11. The molecular weight excluding hydrogens is 294 g/mol. The van der Waals surface area contributed by atoms with E-state index in [0.29, 0.717) is 6.04 Å². The minimum absolute atomic E-state index is 0.515. The van der Waals surface area contributed by atoms with Crippen molar-refractivity contribution in [3.8, 4) is 0 Å². The molecule has 0 amide bonds. The maximum absolute atomic E-state index is 3.54. The molecule has 0 bridgehead atoms. The number of benzene rings is 1. The number of fused-ring (bicyclic) bond motifs is 1. The van der Waals surface area contributed by atoms with Gasteiger partial charge in [-0.25, -0.2) is 0 Å². The lowest BCUT2D eigenvalue weighted by atomic mass is 10.2. The number of thioether (sulfide) groups is 1. The highest BCUT2D eigenvalue weighted by atomic mass is 79.9. The molecule has 3 heteroatoms. The molecule has 0 fully saturated rings. The number of hydrogen-bond donors (Lipinski definition) is 0. The van der Waals surface area contributed by atoms with E-state index in [1.165, 1.54) is 22.3 Å². The first kappa shape index (κ1) is 13.0. The van der Waals surface area contributed by atoms with Crippen LogP contribution in [-0.4, -0.2) is 10.3 Å². The number of halogens is 1. The average molecular weight is 312 g/mol. The van der Waals surface area contributed by atoms with Crippen LogP contribution < -0.4 is 0 Å². The second-order valence-electron chi connectivity index (χ2n) is 4.44. The van der Waals surface area contributed by atoms with Gasteiger partial charge in [0.15, 0.2) is 0 Å². The standard InChI is InChI=1S/C14H18BrNS/c1-4-17-9-13-8-11-7-12(15)5-6-14(11)16(13)10(2)3/h5-8,10H,4,9H2,1-3H3. The van der Waals surface area contributed by atoms with Crippen LogP contribution in [0.1, 0.15) is 32.5 Å². The zero-order valence-corrected chi connectivity index (χ0v) is 12.9. The van der Waals surface area contributed by atoms with E-state index < -0.39 is 0 Å². The van der Waals surface area contributed by atoms with Crippen molar-refractivity contribution in [3.05, 3.63) is 34.4 Å². The van der Waals surface area contributed by atoms with Gasteiger partial charge in [-0.15, -0.1) is 0 Å². The van der Waals surface area contributed by atoms with Crippen molar-refractivity contribution in [2.45, 2.75) is 32.6 Å². The van der Waals surface area contributed by atoms with E-state index in [9.17, 15) is 0 Å². The first-order valence-electron chi connectivity index (χ1n) is 6.00. The normalized spacial score (nSPS) is 11.6. The summed E-state index contributed by atoms with van der Waals surface area (Å²) >= 11 is 5.52. The Hall–Kier alpha value is -0.410. The van der Waals surface area contributed by atoms with Crippen molar-refractivity contribution in [3.63, 3.8) is 0 Å². The molecule has 92 valence electrons. The van der Waals surface area contributed by atoms with E-state index >= 15 is 0 Å². The van der Waals surface area contributed by atoms with Gasteiger partial charge in [-0.2, -0.15) is 11.8 Å². The molecule has 0 radical (unpaired) electrons. The number of nitrogens with zero attached hydrogens (tertiary/aromatic N) is 1. The van der Waals surface area contributed by atoms with Crippen molar-refractivity contribution in [1.82, 2.24) is 4.57 Å². The molecule has 2 aromatic rings. The monoisotopic (exact) mass is 311 g/mol. The van der Waals surface area contributed by atoms with Crippen molar-refractivity contribution in [1.29, 1.82) is 0 Å². The third-order valence-corrected chi connectivity index (χ3v) is 4.25. The molecule has 0 saturated heterocycles. The number of rotatable bonds is 4. The summed E-state index contributed by atoms with van der Waals surface area (Å²) in [7, 11) is 0. The van der Waals surface area contributed by atoms with Crippen LogP contribution in [0.5, 0.6) is 0 Å². The van der Waals surface area contributed by atoms with E-state index in [4.69, 9.17) is 0 Å². The van der Waals surface area contributed by atoms with E-state index in [2.05, 4.69) is 65.5 Å². The van der Waals surface area contributed by atoms with E-state index in [-0.39, 0.29) is 0 Å². The maximum atomic E-state index is 3.54. The van der Waals surface area contributed by atoms with E-state index in [1.807, 2.05) is 11.8 Å². The smallest absolute Gasteiger partial charge is 0.0485 e. The Kier molecular flexibility index (Phi) is 4.21. The minimum Gasteiger partial charge on any atom is -0.341 e. The van der Waals surface area contributed by atoms with Crippen LogP contribution >= 0.6 is 27.7 Å². The predicted octanol–water partition coefficient (Wildman–Crippen LogP) is 5.24. The summed E-state index contributed by atoms with van der Waals surface area (Å²) in [5.41, 5.74) is 2.77.